The van der Waals surface area contributed by atoms with Crippen LogP contribution in [0.3, 0.4) is 0 Å². The van der Waals surface area contributed by atoms with Crippen LogP contribution in [0, 0.1) is 0 Å². The zero-order valence-corrected chi connectivity index (χ0v) is 6.30. The second-order valence-corrected chi connectivity index (χ2v) is 2.26. The Labute approximate surface area is 71.4 Å². The van der Waals surface area contributed by atoms with Gasteiger partial charge in [-0.1, -0.05) is 0 Å². The molecule has 0 aromatic carbocycles. The molecule has 1 aromatic rings. The normalized spacial score (nSPS) is 11.3. The Balaban J connectivity index is 3.28. The number of hydrogen-bond donors (Lipinski definition) is 1. The lowest BCUT2D eigenvalue weighted by Crippen LogP contribution is -2.20. The van der Waals surface area contributed by atoms with Crippen LogP contribution >= 0.6 is 0 Å². The van der Waals surface area contributed by atoms with E-state index in [-0.39, 0.29) is 0 Å². The summed E-state index contributed by atoms with van der Waals surface area (Å²) in [6.45, 7) is 0. The van der Waals surface area contributed by atoms with Crippen molar-refractivity contribution in [3.05, 3.63) is 29.6 Å². The van der Waals surface area contributed by atoms with Crippen LogP contribution in [0.4, 0.5) is 13.2 Å². The molecule has 2 N–H and O–H groups in total. The van der Waals surface area contributed by atoms with Crippen LogP contribution in [-0.2, 0) is 6.18 Å². The molecule has 0 atom stereocenters. The molecule has 1 amide bonds. The van der Waals surface area contributed by atoms with Gasteiger partial charge in [0.25, 0.3) is 5.91 Å². The highest BCUT2D eigenvalue weighted by molar-refractivity contribution is 5.92. The summed E-state index contributed by atoms with van der Waals surface area (Å²) in [5.41, 5.74) is 2.85. The third-order valence-corrected chi connectivity index (χ3v) is 1.35. The van der Waals surface area contributed by atoms with Crippen LogP contribution < -0.4 is 5.73 Å². The second kappa shape index (κ2) is 3.04. The van der Waals surface area contributed by atoms with Crippen LogP contribution in [0.15, 0.2) is 18.3 Å². The van der Waals surface area contributed by atoms with E-state index in [1.54, 1.807) is 0 Å². The third kappa shape index (κ3) is 1.95. The van der Waals surface area contributed by atoms with Crippen LogP contribution in [0.2, 0.25) is 0 Å². The number of amides is 1. The standard InChI is InChI=1S/C7H5F3N2O/c8-7(9,10)4-2-1-3-12-5(4)6(11)13/h1-3H,(H2,11,13). The fraction of sp³-hybridized carbons (Fsp3) is 0.143. The Morgan fingerprint density at radius 3 is 2.46 bits per heavy atom. The van der Waals surface area contributed by atoms with E-state index in [4.69, 9.17) is 5.73 Å². The first kappa shape index (κ1) is 9.50. The number of nitrogens with two attached hydrogens (primary N) is 1. The molecule has 0 saturated carbocycles. The van der Waals surface area contributed by atoms with Gasteiger partial charge in [0.05, 0.1) is 5.56 Å². The molecule has 6 heteroatoms. The minimum atomic E-state index is -4.60. The first-order valence-electron chi connectivity index (χ1n) is 3.25. The molecule has 0 aliphatic carbocycles. The molecule has 1 rings (SSSR count). The van der Waals surface area contributed by atoms with Crippen molar-refractivity contribution in [1.82, 2.24) is 4.98 Å². The van der Waals surface area contributed by atoms with Gasteiger partial charge >= 0.3 is 6.18 Å². The molecule has 1 aromatic heterocycles. The highest BCUT2D eigenvalue weighted by Crippen LogP contribution is 2.30. The fourth-order valence-corrected chi connectivity index (χ4v) is 0.830. The molecule has 0 unspecified atom stereocenters. The quantitative estimate of drug-likeness (QED) is 0.723. The van der Waals surface area contributed by atoms with Gasteiger partial charge in [0.15, 0.2) is 0 Å². The molecule has 1 heterocycles. The van der Waals surface area contributed by atoms with Gasteiger partial charge in [-0.2, -0.15) is 13.2 Å². The number of halogens is 3. The summed E-state index contributed by atoms with van der Waals surface area (Å²) in [6, 6.07) is 1.85. The Morgan fingerprint density at radius 2 is 2.08 bits per heavy atom. The predicted octanol–water partition coefficient (Wildman–Crippen LogP) is 1.20. The number of primary amides is 1. The lowest BCUT2D eigenvalue weighted by Gasteiger charge is -2.08. The summed E-state index contributed by atoms with van der Waals surface area (Å²) in [5.74, 6) is -1.19. The highest BCUT2D eigenvalue weighted by Gasteiger charge is 2.35. The van der Waals surface area contributed by atoms with E-state index in [9.17, 15) is 18.0 Å². The molecular formula is C7H5F3N2O. The first-order chi connectivity index (χ1) is 5.93. The van der Waals surface area contributed by atoms with Crippen molar-refractivity contribution < 1.29 is 18.0 Å². The van der Waals surface area contributed by atoms with E-state index in [0.29, 0.717) is 0 Å². The minimum absolute atomic E-state index is 0.755. The zero-order chi connectivity index (χ0) is 10.1. The van der Waals surface area contributed by atoms with Crippen molar-refractivity contribution in [3.8, 4) is 0 Å². The summed E-state index contributed by atoms with van der Waals surface area (Å²) in [4.78, 5) is 13.8. The molecule has 0 radical (unpaired) electrons. The van der Waals surface area contributed by atoms with Gasteiger partial charge in [-0.25, -0.2) is 0 Å². The van der Waals surface area contributed by atoms with E-state index in [2.05, 4.69) is 4.98 Å². The van der Waals surface area contributed by atoms with Crippen molar-refractivity contribution in [3.63, 3.8) is 0 Å². The average Bonchev–Trinajstić information content (AvgIpc) is 2.03. The first-order valence-corrected chi connectivity index (χ1v) is 3.25. The van der Waals surface area contributed by atoms with E-state index >= 15 is 0 Å². The van der Waals surface area contributed by atoms with E-state index < -0.39 is 23.3 Å². The summed E-state index contributed by atoms with van der Waals surface area (Å²) in [7, 11) is 0. The van der Waals surface area contributed by atoms with Gasteiger partial charge in [-0.05, 0) is 12.1 Å². The Kier molecular flexibility index (Phi) is 2.22. The SMILES string of the molecule is NC(=O)c1ncccc1C(F)(F)F. The van der Waals surface area contributed by atoms with Crippen LogP contribution in [0.25, 0.3) is 0 Å². The Hall–Kier alpha value is -1.59. The van der Waals surface area contributed by atoms with Crippen molar-refractivity contribution in [2.24, 2.45) is 5.73 Å². The number of aromatic nitrogens is 1. The van der Waals surface area contributed by atoms with Crippen LogP contribution in [0.5, 0.6) is 0 Å². The molecule has 70 valence electrons. The maximum atomic E-state index is 12.2. The monoisotopic (exact) mass is 190 g/mol. The van der Waals surface area contributed by atoms with Crippen LogP contribution in [-0.4, -0.2) is 10.9 Å². The maximum absolute atomic E-state index is 12.2. The molecule has 13 heavy (non-hydrogen) atoms. The minimum Gasteiger partial charge on any atom is -0.364 e. The number of carbonyl (C=O) groups excluding carboxylic acids is 1. The van der Waals surface area contributed by atoms with Gasteiger partial charge in [0.1, 0.15) is 5.69 Å². The number of carbonyl (C=O) groups is 1. The molecule has 0 saturated heterocycles. The predicted molar refractivity (Wildman–Crippen MR) is 37.8 cm³/mol. The van der Waals surface area contributed by atoms with Crippen molar-refractivity contribution in [2.45, 2.75) is 6.18 Å². The molecule has 0 aliphatic rings. The summed E-state index contributed by atoms with van der Waals surface area (Å²) in [6.07, 6.45) is -3.52. The third-order valence-electron chi connectivity index (χ3n) is 1.35. The molecule has 3 nitrogen and oxygen atoms in total. The van der Waals surface area contributed by atoms with E-state index in [0.717, 1.165) is 18.3 Å². The maximum Gasteiger partial charge on any atom is 0.418 e. The van der Waals surface area contributed by atoms with Gasteiger partial charge < -0.3 is 5.73 Å². The Bertz CT molecular complexity index is 335. The molecule has 0 aliphatic heterocycles. The molecular weight excluding hydrogens is 185 g/mol. The zero-order valence-electron chi connectivity index (χ0n) is 6.30. The van der Waals surface area contributed by atoms with Crippen LogP contribution in [0.1, 0.15) is 16.1 Å². The second-order valence-electron chi connectivity index (χ2n) is 2.26. The number of rotatable bonds is 1. The van der Waals surface area contributed by atoms with Crippen molar-refractivity contribution >= 4 is 5.91 Å². The number of nitrogens with zero attached hydrogens (tertiary/aromatic N) is 1. The van der Waals surface area contributed by atoms with Crippen molar-refractivity contribution in [1.29, 1.82) is 0 Å². The van der Waals surface area contributed by atoms with Gasteiger partial charge in [0, 0.05) is 6.20 Å². The van der Waals surface area contributed by atoms with Crippen molar-refractivity contribution in [2.75, 3.05) is 0 Å². The average molecular weight is 190 g/mol. The molecule has 0 spiro atoms. The summed E-state index contributed by atoms with van der Waals surface area (Å²) in [5, 5.41) is 0. The number of alkyl halides is 3. The van der Waals surface area contributed by atoms with E-state index in [1.807, 2.05) is 0 Å². The highest BCUT2D eigenvalue weighted by atomic mass is 19.4. The molecule has 0 bridgehead atoms. The largest absolute Gasteiger partial charge is 0.418 e. The van der Waals surface area contributed by atoms with E-state index in [1.165, 1.54) is 0 Å². The lowest BCUT2D eigenvalue weighted by molar-refractivity contribution is -0.138. The summed E-state index contributed by atoms with van der Waals surface area (Å²) < 4.78 is 36.5. The Morgan fingerprint density at radius 1 is 1.46 bits per heavy atom. The topological polar surface area (TPSA) is 56.0 Å². The number of hydrogen-bond acceptors (Lipinski definition) is 2. The molecule has 0 fully saturated rings. The van der Waals surface area contributed by atoms with Gasteiger partial charge in [0.2, 0.25) is 0 Å². The summed E-state index contributed by atoms with van der Waals surface area (Å²) >= 11 is 0. The lowest BCUT2D eigenvalue weighted by atomic mass is 10.2. The van der Waals surface area contributed by atoms with Gasteiger partial charge in [-0.15, -0.1) is 0 Å². The number of pyridine rings is 1. The van der Waals surface area contributed by atoms with Gasteiger partial charge in [-0.3, -0.25) is 9.78 Å². The fourth-order valence-electron chi connectivity index (χ4n) is 0.830. The smallest absolute Gasteiger partial charge is 0.364 e.